The van der Waals surface area contributed by atoms with Crippen LogP contribution in [0.2, 0.25) is 0 Å². The second kappa shape index (κ2) is 18.4. The molecule has 2 saturated heterocycles. The number of H-pyrrole nitrogens is 1. The van der Waals surface area contributed by atoms with Gasteiger partial charge < -0.3 is 49.1 Å². The van der Waals surface area contributed by atoms with Crippen LogP contribution in [0.5, 0.6) is 5.75 Å². The van der Waals surface area contributed by atoms with Crippen molar-refractivity contribution < 1.29 is 42.9 Å². The molecule has 16 heteroatoms. The number of carbonyl (C=O) groups is 4. The summed E-state index contributed by atoms with van der Waals surface area (Å²) in [5, 5.41) is 7.51. The zero-order valence-electron chi connectivity index (χ0n) is 37.1. The number of amides is 4. The first-order valence-corrected chi connectivity index (χ1v) is 21.9. The standard InChI is InChI=1S/C49H53N7O9/c1-27(62-3)43(53-48(59)63-4)46(57)55-17-9-12-40(55)45-50-23-39(52-45)31-13-15-33-32(19-31)26-65-42-22-34-30(20-36(33)42)14-16-37-35(34)21-38(51-37)41-18-28(25-61-2)24-56(41)47(58)44(54-49(60)64-5)29-10-7-6-8-11-29/h6-8,10-11,13-16,19-20,22-23,27-28,40-41,43-44H,9,12,17-18,21,24-26H2,1-5H3,(H,50,52)(H,53,59)(H,54,60)/t27-,28+,40+,41+,43+,44-/m1/s1. The van der Waals surface area contributed by atoms with Gasteiger partial charge in [-0.2, -0.15) is 0 Å². The fourth-order valence-corrected chi connectivity index (χ4v) is 9.85. The van der Waals surface area contributed by atoms with E-state index in [9.17, 15) is 19.2 Å². The minimum atomic E-state index is -0.930. The molecule has 0 unspecified atom stereocenters. The number of rotatable bonds is 12. The Hall–Kier alpha value is -6.78. The van der Waals surface area contributed by atoms with Gasteiger partial charge in [-0.1, -0.05) is 48.5 Å². The number of aromatic amines is 1. The second-order valence-corrected chi connectivity index (χ2v) is 17.0. The summed E-state index contributed by atoms with van der Waals surface area (Å²) in [5.74, 6) is 1.07. The van der Waals surface area contributed by atoms with Gasteiger partial charge in [0.2, 0.25) is 11.8 Å². The summed E-state index contributed by atoms with van der Waals surface area (Å²) in [7, 11) is 5.71. The van der Waals surface area contributed by atoms with Crippen molar-refractivity contribution in [3.63, 3.8) is 0 Å². The molecule has 2 fully saturated rings. The molecule has 5 heterocycles. The van der Waals surface area contributed by atoms with E-state index in [2.05, 4.69) is 52.0 Å². The molecule has 16 nitrogen and oxygen atoms in total. The molecule has 0 aliphatic carbocycles. The lowest BCUT2D eigenvalue weighted by Crippen LogP contribution is -2.54. The molecule has 0 saturated carbocycles. The lowest BCUT2D eigenvalue weighted by molar-refractivity contribution is -0.137. The maximum absolute atomic E-state index is 14.4. The van der Waals surface area contributed by atoms with Crippen LogP contribution in [0.4, 0.5) is 15.3 Å². The molecule has 338 valence electrons. The minimum absolute atomic E-state index is 0.0952. The normalized spacial score (nSPS) is 19.9. The first kappa shape index (κ1) is 43.5. The van der Waals surface area contributed by atoms with Crippen molar-refractivity contribution in [3.05, 3.63) is 102 Å². The van der Waals surface area contributed by atoms with E-state index in [-0.39, 0.29) is 29.8 Å². The van der Waals surface area contributed by atoms with Crippen LogP contribution in [0, 0.1) is 5.92 Å². The predicted molar refractivity (Wildman–Crippen MR) is 242 cm³/mol. The zero-order chi connectivity index (χ0) is 45.4. The van der Waals surface area contributed by atoms with E-state index in [1.165, 1.54) is 21.3 Å². The lowest BCUT2D eigenvalue weighted by Gasteiger charge is -2.30. The Kier molecular flexibility index (Phi) is 12.3. The van der Waals surface area contributed by atoms with Crippen LogP contribution in [0.3, 0.4) is 0 Å². The summed E-state index contributed by atoms with van der Waals surface area (Å²) >= 11 is 0. The van der Waals surface area contributed by atoms with Crippen molar-refractivity contribution in [2.24, 2.45) is 10.9 Å². The fourth-order valence-electron chi connectivity index (χ4n) is 9.85. The number of aromatic nitrogens is 2. The van der Waals surface area contributed by atoms with Crippen LogP contribution in [0.25, 0.3) is 33.2 Å². The Balaban J connectivity index is 0.942. The Morgan fingerprint density at radius 2 is 1.69 bits per heavy atom. The number of hydrogen-bond donors (Lipinski definition) is 3. The van der Waals surface area contributed by atoms with Gasteiger partial charge in [0, 0.05) is 50.9 Å². The highest BCUT2D eigenvalue weighted by atomic mass is 16.5. The first-order chi connectivity index (χ1) is 31.6. The number of carbonyl (C=O) groups excluding carboxylic acids is 4. The summed E-state index contributed by atoms with van der Waals surface area (Å²) in [5.41, 5.74) is 8.39. The monoisotopic (exact) mass is 883 g/mol. The molecule has 4 aliphatic rings. The van der Waals surface area contributed by atoms with Gasteiger partial charge in [-0.15, -0.1) is 0 Å². The highest BCUT2D eigenvalue weighted by Gasteiger charge is 2.43. The van der Waals surface area contributed by atoms with Crippen molar-refractivity contribution >= 4 is 46.2 Å². The number of aliphatic imine (C=N–C) groups is 1. The number of fused-ring (bicyclic) bond motifs is 6. The molecule has 0 bridgehead atoms. The van der Waals surface area contributed by atoms with Crippen molar-refractivity contribution in [3.8, 4) is 28.1 Å². The maximum Gasteiger partial charge on any atom is 0.407 e. The molecular formula is C49H53N7O9. The number of nitrogens with one attached hydrogen (secondary N) is 3. The Bertz CT molecular complexity index is 2670. The predicted octanol–water partition coefficient (Wildman–Crippen LogP) is 6.80. The summed E-state index contributed by atoms with van der Waals surface area (Å²) < 4.78 is 27.2. The maximum atomic E-state index is 14.4. The SMILES string of the molecule is COC[C@H]1C[C@@H](C2=Nc3ccc4cc5c(cc4c3C2)OCc2cc(-c3cnc([C@@H]4CCCN4C(=O)[C@@H](NC(=O)OC)[C@@H](C)OC)[nH]3)ccc2-5)N(C(=O)[C@H](NC(=O)OC)c2ccccc2)C1. The van der Waals surface area contributed by atoms with Gasteiger partial charge in [-0.3, -0.25) is 14.6 Å². The van der Waals surface area contributed by atoms with Crippen LogP contribution in [0.15, 0.2) is 84.0 Å². The molecule has 6 atom stereocenters. The third-order valence-electron chi connectivity index (χ3n) is 13.2. The van der Waals surface area contributed by atoms with Gasteiger partial charge >= 0.3 is 12.2 Å². The van der Waals surface area contributed by atoms with E-state index >= 15 is 0 Å². The highest BCUT2D eigenvalue weighted by Crippen LogP contribution is 2.45. The van der Waals surface area contributed by atoms with Crippen molar-refractivity contribution in [1.82, 2.24) is 30.4 Å². The number of nitrogens with zero attached hydrogens (tertiary/aromatic N) is 4. The van der Waals surface area contributed by atoms with Crippen molar-refractivity contribution in [1.29, 1.82) is 0 Å². The van der Waals surface area contributed by atoms with E-state index in [0.717, 1.165) is 74.3 Å². The quantitative estimate of drug-likeness (QED) is 0.120. The number of likely N-dealkylation sites (tertiary alicyclic amines) is 2. The van der Waals surface area contributed by atoms with Gasteiger partial charge in [0.15, 0.2) is 0 Å². The zero-order valence-corrected chi connectivity index (χ0v) is 37.1. The molecule has 0 spiro atoms. The average molecular weight is 884 g/mol. The van der Waals surface area contributed by atoms with Crippen LogP contribution in [-0.2, 0) is 41.6 Å². The van der Waals surface area contributed by atoms with Gasteiger partial charge in [0.05, 0.1) is 56.6 Å². The molecule has 1 aromatic heterocycles. The minimum Gasteiger partial charge on any atom is -0.488 e. The average Bonchev–Trinajstić information content (AvgIpc) is 4.18. The summed E-state index contributed by atoms with van der Waals surface area (Å²) in [6.45, 7) is 3.60. The van der Waals surface area contributed by atoms with Crippen LogP contribution in [-0.4, -0.2) is 116 Å². The molecule has 4 aliphatic heterocycles. The molecular weight excluding hydrogens is 831 g/mol. The smallest absolute Gasteiger partial charge is 0.407 e. The van der Waals surface area contributed by atoms with Gasteiger partial charge in [-0.05, 0) is 89.0 Å². The molecule has 5 aromatic rings. The molecule has 4 amide bonds. The number of alkyl carbamates (subject to hydrolysis) is 2. The number of imidazole rings is 1. The van der Waals surface area contributed by atoms with Crippen LogP contribution in [0.1, 0.15) is 60.8 Å². The van der Waals surface area contributed by atoms with Gasteiger partial charge in [0.25, 0.3) is 0 Å². The van der Waals surface area contributed by atoms with Crippen molar-refractivity contribution in [2.45, 2.75) is 69.5 Å². The molecule has 0 radical (unpaired) electrons. The number of benzene rings is 4. The van der Waals surface area contributed by atoms with E-state index in [1.54, 1.807) is 25.1 Å². The van der Waals surface area contributed by atoms with Gasteiger partial charge in [-0.25, -0.2) is 14.6 Å². The molecule has 9 rings (SSSR count). The third-order valence-corrected chi connectivity index (χ3v) is 13.2. The Morgan fingerprint density at radius 3 is 2.46 bits per heavy atom. The Labute approximate surface area is 376 Å². The molecule has 65 heavy (non-hydrogen) atoms. The number of ether oxygens (including phenoxy) is 5. The Morgan fingerprint density at radius 1 is 0.892 bits per heavy atom. The van der Waals surface area contributed by atoms with E-state index < -0.39 is 30.4 Å². The lowest BCUT2D eigenvalue weighted by atomic mass is 9.90. The topological polar surface area (TPSA) is 186 Å². The molecule has 4 aromatic carbocycles. The molecule has 3 N–H and O–H groups in total. The van der Waals surface area contributed by atoms with E-state index in [1.807, 2.05) is 41.3 Å². The van der Waals surface area contributed by atoms with Gasteiger partial charge in [0.1, 0.15) is 30.3 Å². The van der Waals surface area contributed by atoms with Crippen LogP contribution < -0.4 is 15.4 Å². The number of methoxy groups -OCH3 is 4. The van der Waals surface area contributed by atoms with E-state index in [4.69, 9.17) is 33.7 Å². The summed E-state index contributed by atoms with van der Waals surface area (Å²) in [4.78, 5) is 69.8. The third kappa shape index (κ3) is 8.39. The van der Waals surface area contributed by atoms with E-state index in [0.29, 0.717) is 50.5 Å². The summed E-state index contributed by atoms with van der Waals surface area (Å²) in [6, 6.07) is 21.5. The highest BCUT2D eigenvalue weighted by molar-refractivity contribution is 6.07. The number of hydrogen-bond acceptors (Lipinski definition) is 11. The van der Waals surface area contributed by atoms with Crippen LogP contribution >= 0.6 is 0 Å². The largest absolute Gasteiger partial charge is 0.488 e. The second-order valence-electron chi connectivity index (χ2n) is 17.0. The van der Waals surface area contributed by atoms with Crippen molar-refractivity contribution in [2.75, 3.05) is 48.1 Å². The fraction of sp³-hybridized carbons (Fsp3) is 0.388. The first-order valence-electron chi connectivity index (χ1n) is 21.9. The summed E-state index contributed by atoms with van der Waals surface area (Å²) in [6.07, 6.45) is 2.61.